The number of rotatable bonds is 6. The first kappa shape index (κ1) is 17.3. The molecule has 1 saturated heterocycles. The minimum Gasteiger partial charge on any atom is -0.486 e. The van der Waals surface area contributed by atoms with Crippen LogP contribution in [0.25, 0.3) is 10.9 Å². The van der Waals surface area contributed by atoms with Crippen LogP contribution >= 0.6 is 0 Å². The molecule has 0 aliphatic carbocycles. The highest BCUT2D eigenvalue weighted by Gasteiger charge is 2.19. The van der Waals surface area contributed by atoms with Gasteiger partial charge in [-0.25, -0.2) is 9.97 Å². The van der Waals surface area contributed by atoms with E-state index in [2.05, 4.69) is 15.3 Å². The Balaban J connectivity index is 1.82. The molecule has 0 saturated carbocycles. The number of likely N-dealkylation sites (N-methyl/N-ethyl adjacent to an activating group) is 1. The molecule has 1 fully saturated rings. The summed E-state index contributed by atoms with van der Waals surface area (Å²) in [4.78, 5) is 22.5. The lowest BCUT2D eigenvalue weighted by molar-refractivity contribution is -0.111. The summed E-state index contributed by atoms with van der Waals surface area (Å²) in [7, 11) is 3.89. The van der Waals surface area contributed by atoms with E-state index in [1.165, 1.54) is 12.4 Å². The van der Waals surface area contributed by atoms with Crippen molar-refractivity contribution in [3.8, 4) is 5.75 Å². The van der Waals surface area contributed by atoms with Gasteiger partial charge in [0.05, 0.1) is 24.4 Å². The first-order valence-electron chi connectivity index (χ1n) is 8.22. The molecule has 0 spiro atoms. The van der Waals surface area contributed by atoms with Crippen molar-refractivity contribution in [3.63, 3.8) is 0 Å². The summed E-state index contributed by atoms with van der Waals surface area (Å²) in [5, 5.41) is 3.72. The van der Waals surface area contributed by atoms with E-state index in [-0.39, 0.29) is 12.0 Å². The Kier molecular flexibility index (Phi) is 5.57. The molecule has 1 atom stereocenters. The van der Waals surface area contributed by atoms with Gasteiger partial charge in [0.2, 0.25) is 5.91 Å². The third kappa shape index (κ3) is 4.74. The molecule has 1 unspecified atom stereocenters. The summed E-state index contributed by atoms with van der Waals surface area (Å²) in [6.07, 6.45) is 7.35. The van der Waals surface area contributed by atoms with Gasteiger partial charge in [0.15, 0.2) is 0 Å². The molecule has 1 aromatic heterocycles. The van der Waals surface area contributed by atoms with E-state index in [9.17, 15) is 4.79 Å². The zero-order valence-corrected chi connectivity index (χ0v) is 14.4. The first-order valence-corrected chi connectivity index (χ1v) is 8.22. The Bertz CT molecular complexity index is 770. The maximum Gasteiger partial charge on any atom is 0.248 e. The number of aromatic nitrogens is 2. The number of nitrogens with one attached hydrogen (secondary N) is 1. The third-order valence-electron chi connectivity index (χ3n) is 3.79. The summed E-state index contributed by atoms with van der Waals surface area (Å²) >= 11 is 0. The van der Waals surface area contributed by atoms with Crippen LogP contribution < -0.4 is 10.1 Å². The fourth-order valence-electron chi connectivity index (χ4n) is 2.54. The molecule has 0 radical (unpaired) electrons. The lowest BCUT2D eigenvalue weighted by Gasteiger charge is -2.16. The average molecular weight is 342 g/mol. The number of hydrogen-bond donors (Lipinski definition) is 1. The van der Waals surface area contributed by atoms with E-state index in [4.69, 9.17) is 9.47 Å². The predicted molar refractivity (Wildman–Crippen MR) is 95.7 cm³/mol. The number of hydrogen-bond acceptors (Lipinski definition) is 6. The molecule has 0 bridgehead atoms. The molecule has 2 heterocycles. The molecule has 2 aromatic rings. The maximum atomic E-state index is 12.2. The molecule has 132 valence electrons. The second kappa shape index (κ2) is 8.04. The van der Waals surface area contributed by atoms with Crippen molar-refractivity contribution in [1.29, 1.82) is 0 Å². The number of carbonyl (C=O) groups is 1. The highest BCUT2D eigenvalue weighted by atomic mass is 16.5. The molecule has 1 aliphatic rings. The fourth-order valence-corrected chi connectivity index (χ4v) is 2.54. The Hall–Kier alpha value is -2.51. The van der Waals surface area contributed by atoms with Crippen LogP contribution in [0.1, 0.15) is 6.42 Å². The van der Waals surface area contributed by atoms with Crippen molar-refractivity contribution in [1.82, 2.24) is 14.9 Å². The number of ether oxygens (including phenoxy) is 2. The van der Waals surface area contributed by atoms with Gasteiger partial charge >= 0.3 is 0 Å². The summed E-state index contributed by atoms with van der Waals surface area (Å²) in [5.41, 5.74) is 1.37. The number of fused-ring (bicyclic) bond motifs is 1. The molecule has 3 rings (SSSR count). The van der Waals surface area contributed by atoms with Gasteiger partial charge in [-0.2, -0.15) is 0 Å². The Morgan fingerprint density at radius 1 is 1.48 bits per heavy atom. The SMILES string of the molecule is CN(C)CC=CC(=O)Nc1cc2cncnc2cc1OC1CCOC1. The molecule has 7 heteroatoms. The predicted octanol–water partition coefficient (Wildman–Crippen LogP) is 1.85. The number of anilines is 1. The van der Waals surface area contributed by atoms with Gasteiger partial charge in [-0.1, -0.05) is 6.08 Å². The van der Waals surface area contributed by atoms with Gasteiger partial charge in [-0.05, 0) is 20.2 Å². The van der Waals surface area contributed by atoms with Gasteiger partial charge in [0, 0.05) is 36.7 Å². The number of nitrogens with zero attached hydrogens (tertiary/aromatic N) is 3. The van der Waals surface area contributed by atoms with Gasteiger partial charge < -0.3 is 19.7 Å². The van der Waals surface area contributed by atoms with Gasteiger partial charge in [0.1, 0.15) is 18.2 Å². The third-order valence-corrected chi connectivity index (χ3v) is 3.79. The smallest absolute Gasteiger partial charge is 0.248 e. The second-order valence-corrected chi connectivity index (χ2v) is 6.19. The fraction of sp³-hybridized carbons (Fsp3) is 0.389. The van der Waals surface area contributed by atoms with Crippen LogP contribution in [0, 0.1) is 0 Å². The first-order chi connectivity index (χ1) is 12.1. The zero-order valence-electron chi connectivity index (χ0n) is 14.4. The van der Waals surface area contributed by atoms with E-state index >= 15 is 0 Å². The van der Waals surface area contributed by atoms with Crippen molar-refractivity contribution in [3.05, 3.63) is 36.8 Å². The molecular formula is C18H22N4O3. The van der Waals surface area contributed by atoms with Crippen LogP contribution in [-0.4, -0.2) is 60.7 Å². The van der Waals surface area contributed by atoms with Gasteiger partial charge in [0.25, 0.3) is 0 Å². The number of benzene rings is 1. The van der Waals surface area contributed by atoms with Crippen molar-refractivity contribution in [2.45, 2.75) is 12.5 Å². The minimum absolute atomic E-state index is 0.0146. The number of amides is 1. The molecule has 1 N–H and O–H groups in total. The molecule has 1 aliphatic heterocycles. The Morgan fingerprint density at radius 3 is 3.12 bits per heavy atom. The Morgan fingerprint density at radius 2 is 2.36 bits per heavy atom. The highest BCUT2D eigenvalue weighted by molar-refractivity contribution is 6.02. The summed E-state index contributed by atoms with van der Waals surface area (Å²) in [6, 6.07) is 3.66. The van der Waals surface area contributed by atoms with E-state index < -0.39 is 0 Å². The van der Waals surface area contributed by atoms with Crippen LogP contribution in [0.2, 0.25) is 0 Å². The van der Waals surface area contributed by atoms with E-state index in [0.717, 1.165) is 17.3 Å². The molecular weight excluding hydrogens is 320 g/mol. The topological polar surface area (TPSA) is 76.6 Å². The van der Waals surface area contributed by atoms with Crippen molar-refractivity contribution >= 4 is 22.5 Å². The lowest BCUT2D eigenvalue weighted by atomic mass is 10.2. The van der Waals surface area contributed by atoms with E-state index in [0.29, 0.717) is 31.2 Å². The van der Waals surface area contributed by atoms with Crippen LogP contribution in [0.3, 0.4) is 0 Å². The van der Waals surface area contributed by atoms with Crippen molar-refractivity contribution in [2.75, 3.05) is 39.2 Å². The van der Waals surface area contributed by atoms with Crippen molar-refractivity contribution in [2.24, 2.45) is 0 Å². The normalized spacial score (nSPS) is 17.5. The molecule has 25 heavy (non-hydrogen) atoms. The van der Waals surface area contributed by atoms with E-state index in [1.54, 1.807) is 6.20 Å². The molecule has 1 aromatic carbocycles. The summed E-state index contributed by atoms with van der Waals surface area (Å²) in [5.74, 6) is 0.390. The number of carbonyl (C=O) groups excluding carboxylic acids is 1. The monoisotopic (exact) mass is 342 g/mol. The minimum atomic E-state index is -0.203. The average Bonchev–Trinajstić information content (AvgIpc) is 3.08. The standard InChI is InChI=1S/C18H22N4O3/c1-22(2)6-3-4-18(23)21-16-8-13-10-19-12-20-15(13)9-17(16)25-14-5-7-24-11-14/h3-4,8-10,12,14H,5-7,11H2,1-2H3,(H,21,23). The van der Waals surface area contributed by atoms with Crippen molar-refractivity contribution < 1.29 is 14.3 Å². The zero-order chi connectivity index (χ0) is 17.6. The largest absolute Gasteiger partial charge is 0.486 e. The van der Waals surface area contributed by atoms with Crippen LogP contribution in [-0.2, 0) is 9.53 Å². The quantitative estimate of drug-likeness (QED) is 0.808. The Labute approximate surface area is 146 Å². The van der Waals surface area contributed by atoms with Crippen LogP contribution in [0.4, 0.5) is 5.69 Å². The van der Waals surface area contributed by atoms with Crippen LogP contribution in [0.15, 0.2) is 36.8 Å². The maximum absolute atomic E-state index is 12.2. The summed E-state index contributed by atoms with van der Waals surface area (Å²) in [6.45, 7) is 1.94. The lowest BCUT2D eigenvalue weighted by Crippen LogP contribution is -2.18. The molecule has 1 amide bonds. The van der Waals surface area contributed by atoms with E-state index in [1.807, 2.05) is 37.2 Å². The summed E-state index contributed by atoms with van der Waals surface area (Å²) < 4.78 is 11.4. The second-order valence-electron chi connectivity index (χ2n) is 6.19. The van der Waals surface area contributed by atoms with Gasteiger partial charge in [-0.15, -0.1) is 0 Å². The van der Waals surface area contributed by atoms with Crippen LogP contribution in [0.5, 0.6) is 5.75 Å². The molecule has 7 nitrogen and oxygen atoms in total. The van der Waals surface area contributed by atoms with Gasteiger partial charge in [-0.3, -0.25) is 4.79 Å². The highest BCUT2D eigenvalue weighted by Crippen LogP contribution is 2.31.